The van der Waals surface area contributed by atoms with Crippen molar-refractivity contribution >= 4 is 16.9 Å². The van der Waals surface area contributed by atoms with Crippen LogP contribution in [-0.4, -0.2) is 5.12 Å². The maximum Gasteiger partial charge on any atom is 0.193 e. The second-order valence-corrected chi connectivity index (χ2v) is 5.26. The first-order valence-electron chi connectivity index (χ1n) is 6.14. The lowest BCUT2D eigenvalue weighted by molar-refractivity contribution is -0.111. The molecule has 0 radical (unpaired) electrons. The Morgan fingerprint density at radius 1 is 0.889 bits per heavy atom. The Kier molecular flexibility index (Phi) is 5.03. The summed E-state index contributed by atoms with van der Waals surface area (Å²) in [7, 11) is 0. The SMILES string of the molecule is O=C(CCCc1ccccc1)Sc1ccccc1. The Balaban J connectivity index is 1.73. The van der Waals surface area contributed by atoms with Gasteiger partial charge in [-0.05, 0) is 30.5 Å². The van der Waals surface area contributed by atoms with Crippen LogP contribution in [0.1, 0.15) is 18.4 Å². The van der Waals surface area contributed by atoms with Crippen LogP contribution in [0.4, 0.5) is 0 Å². The average Bonchev–Trinajstić information content (AvgIpc) is 2.41. The lowest BCUT2D eigenvalue weighted by atomic mass is 10.1. The molecule has 0 amide bonds. The van der Waals surface area contributed by atoms with Gasteiger partial charge in [-0.15, -0.1) is 0 Å². The molecule has 2 aromatic rings. The molecular weight excluding hydrogens is 240 g/mol. The summed E-state index contributed by atoms with van der Waals surface area (Å²) in [6.45, 7) is 0. The monoisotopic (exact) mass is 256 g/mol. The van der Waals surface area contributed by atoms with Crippen LogP contribution in [0.25, 0.3) is 0 Å². The standard InChI is InChI=1S/C16H16OS/c17-16(18-15-11-5-2-6-12-15)13-7-10-14-8-3-1-4-9-14/h1-6,8-9,11-12H,7,10,13H2. The number of hydrogen-bond acceptors (Lipinski definition) is 2. The van der Waals surface area contributed by atoms with Gasteiger partial charge < -0.3 is 0 Å². The third-order valence-corrected chi connectivity index (χ3v) is 3.60. The zero-order valence-electron chi connectivity index (χ0n) is 10.2. The first kappa shape index (κ1) is 12.9. The van der Waals surface area contributed by atoms with E-state index in [4.69, 9.17) is 0 Å². The van der Waals surface area contributed by atoms with Gasteiger partial charge in [0.2, 0.25) is 0 Å². The molecule has 0 aliphatic heterocycles. The minimum atomic E-state index is 0.247. The molecule has 0 aromatic heterocycles. The van der Waals surface area contributed by atoms with E-state index in [0.717, 1.165) is 17.7 Å². The zero-order valence-corrected chi connectivity index (χ0v) is 11.0. The molecule has 2 rings (SSSR count). The van der Waals surface area contributed by atoms with Crippen molar-refractivity contribution in [3.05, 3.63) is 66.2 Å². The van der Waals surface area contributed by atoms with Gasteiger partial charge in [0.05, 0.1) is 0 Å². The summed E-state index contributed by atoms with van der Waals surface area (Å²) >= 11 is 1.34. The van der Waals surface area contributed by atoms with E-state index in [9.17, 15) is 4.79 Å². The van der Waals surface area contributed by atoms with Crippen LogP contribution in [0.3, 0.4) is 0 Å². The van der Waals surface area contributed by atoms with Crippen LogP contribution in [0, 0.1) is 0 Å². The molecule has 18 heavy (non-hydrogen) atoms. The first-order valence-corrected chi connectivity index (χ1v) is 6.96. The zero-order chi connectivity index (χ0) is 12.6. The van der Waals surface area contributed by atoms with Crippen molar-refractivity contribution < 1.29 is 4.79 Å². The van der Waals surface area contributed by atoms with E-state index in [1.165, 1.54) is 17.3 Å². The van der Waals surface area contributed by atoms with Crippen LogP contribution < -0.4 is 0 Å². The third kappa shape index (κ3) is 4.38. The molecule has 0 N–H and O–H groups in total. The summed E-state index contributed by atoms with van der Waals surface area (Å²) in [6.07, 6.45) is 2.53. The van der Waals surface area contributed by atoms with E-state index >= 15 is 0 Å². The van der Waals surface area contributed by atoms with Crippen LogP contribution in [0.15, 0.2) is 65.6 Å². The third-order valence-electron chi connectivity index (χ3n) is 2.66. The molecular formula is C16H16OS. The molecule has 0 fully saturated rings. The topological polar surface area (TPSA) is 17.1 Å². The smallest absolute Gasteiger partial charge is 0.193 e. The maximum atomic E-state index is 11.8. The van der Waals surface area contributed by atoms with Gasteiger partial charge in [-0.2, -0.15) is 0 Å². The molecule has 0 heterocycles. The highest BCUT2D eigenvalue weighted by Crippen LogP contribution is 2.20. The second-order valence-electron chi connectivity index (χ2n) is 4.13. The van der Waals surface area contributed by atoms with Crippen molar-refractivity contribution in [2.45, 2.75) is 24.2 Å². The molecule has 0 saturated heterocycles. The second kappa shape index (κ2) is 7.02. The highest BCUT2D eigenvalue weighted by molar-refractivity contribution is 8.13. The van der Waals surface area contributed by atoms with Crippen LogP contribution in [0.2, 0.25) is 0 Å². The Morgan fingerprint density at radius 3 is 2.17 bits per heavy atom. The summed E-state index contributed by atoms with van der Waals surface area (Å²) in [6, 6.07) is 20.1. The molecule has 0 aliphatic carbocycles. The summed E-state index contributed by atoms with van der Waals surface area (Å²) in [5, 5.41) is 0.247. The number of hydrogen-bond donors (Lipinski definition) is 0. The molecule has 0 spiro atoms. The Labute approximate surface area is 112 Å². The molecule has 1 nitrogen and oxygen atoms in total. The van der Waals surface area contributed by atoms with Gasteiger partial charge in [0.1, 0.15) is 0 Å². The highest BCUT2D eigenvalue weighted by atomic mass is 32.2. The summed E-state index contributed by atoms with van der Waals surface area (Å²) in [4.78, 5) is 12.8. The van der Waals surface area contributed by atoms with E-state index < -0.39 is 0 Å². The van der Waals surface area contributed by atoms with Crippen molar-refractivity contribution in [2.75, 3.05) is 0 Å². The molecule has 0 aliphatic rings. The quantitative estimate of drug-likeness (QED) is 0.741. The van der Waals surface area contributed by atoms with Crippen LogP contribution >= 0.6 is 11.8 Å². The highest BCUT2D eigenvalue weighted by Gasteiger charge is 2.04. The predicted molar refractivity (Wildman–Crippen MR) is 76.7 cm³/mol. The number of rotatable bonds is 5. The van der Waals surface area contributed by atoms with Crippen molar-refractivity contribution in [1.29, 1.82) is 0 Å². The average molecular weight is 256 g/mol. The number of carbonyl (C=O) groups is 1. The van der Waals surface area contributed by atoms with Gasteiger partial charge in [-0.3, -0.25) is 4.79 Å². The van der Waals surface area contributed by atoms with Gasteiger partial charge in [-0.1, -0.05) is 60.3 Å². The van der Waals surface area contributed by atoms with Crippen LogP contribution in [0.5, 0.6) is 0 Å². The predicted octanol–water partition coefficient (Wildman–Crippen LogP) is 4.33. The van der Waals surface area contributed by atoms with Gasteiger partial charge in [-0.25, -0.2) is 0 Å². The molecule has 92 valence electrons. The normalized spacial score (nSPS) is 10.2. The van der Waals surface area contributed by atoms with Crippen molar-refractivity contribution in [2.24, 2.45) is 0 Å². The number of aryl methyl sites for hydroxylation is 1. The van der Waals surface area contributed by atoms with Crippen LogP contribution in [-0.2, 0) is 11.2 Å². The van der Waals surface area contributed by atoms with E-state index in [1.54, 1.807) is 0 Å². The van der Waals surface area contributed by atoms with Gasteiger partial charge in [0.25, 0.3) is 0 Å². The summed E-state index contributed by atoms with van der Waals surface area (Å²) in [5.41, 5.74) is 1.30. The Bertz CT molecular complexity index is 479. The minimum absolute atomic E-state index is 0.247. The molecule has 2 heteroatoms. The van der Waals surface area contributed by atoms with Gasteiger partial charge in [0.15, 0.2) is 5.12 Å². The van der Waals surface area contributed by atoms with E-state index in [0.29, 0.717) is 6.42 Å². The minimum Gasteiger partial charge on any atom is -0.287 e. The molecule has 0 atom stereocenters. The molecule has 0 unspecified atom stereocenters. The number of thioether (sulfide) groups is 1. The Hall–Kier alpha value is -1.54. The lowest BCUT2D eigenvalue weighted by Gasteiger charge is -2.01. The lowest BCUT2D eigenvalue weighted by Crippen LogP contribution is -1.93. The molecule has 0 saturated carbocycles. The molecule has 0 bridgehead atoms. The maximum absolute atomic E-state index is 11.8. The van der Waals surface area contributed by atoms with Crippen molar-refractivity contribution in [3.8, 4) is 0 Å². The summed E-state index contributed by atoms with van der Waals surface area (Å²) in [5.74, 6) is 0. The fourth-order valence-electron chi connectivity index (χ4n) is 1.75. The fourth-order valence-corrected chi connectivity index (χ4v) is 2.56. The largest absolute Gasteiger partial charge is 0.287 e. The Morgan fingerprint density at radius 2 is 1.50 bits per heavy atom. The summed E-state index contributed by atoms with van der Waals surface area (Å²) < 4.78 is 0. The van der Waals surface area contributed by atoms with Gasteiger partial charge in [0, 0.05) is 11.3 Å². The van der Waals surface area contributed by atoms with E-state index in [-0.39, 0.29) is 5.12 Å². The van der Waals surface area contributed by atoms with E-state index in [1.807, 2.05) is 48.5 Å². The van der Waals surface area contributed by atoms with Crippen molar-refractivity contribution in [3.63, 3.8) is 0 Å². The van der Waals surface area contributed by atoms with E-state index in [2.05, 4.69) is 12.1 Å². The molecule has 2 aromatic carbocycles. The fraction of sp³-hybridized carbons (Fsp3) is 0.188. The first-order chi connectivity index (χ1) is 8.84. The number of benzene rings is 2. The van der Waals surface area contributed by atoms with Crippen molar-refractivity contribution in [1.82, 2.24) is 0 Å². The number of carbonyl (C=O) groups excluding carboxylic acids is 1. The van der Waals surface area contributed by atoms with Gasteiger partial charge >= 0.3 is 0 Å².